The summed E-state index contributed by atoms with van der Waals surface area (Å²) in [6.07, 6.45) is 12.3. The zero-order valence-corrected chi connectivity index (χ0v) is 8.02. The molecule has 1 aliphatic rings. The van der Waals surface area contributed by atoms with Gasteiger partial charge in [-0.3, -0.25) is 0 Å². The largest absolute Gasteiger partial charge is 0.0899 e. The summed E-state index contributed by atoms with van der Waals surface area (Å²) in [6, 6.07) is 0. The second-order valence-corrected chi connectivity index (χ2v) is 3.62. The van der Waals surface area contributed by atoms with Crippen molar-refractivity contribution in [3.05, 3.63) is 22.6 Å². The Labute approximate surface area is 79.5 Å². The molecule has 0 heterocycles. The number of hydrogen-bond acceptors (Lipinski definition) is 1. The van der Waals surface area contributed by atoms with Crippen molar-refractivity contribution in [3.63, 3.8) is 0 Å². The van der Waals surface area contributed by atoms with Crippen LogP contribution in [0.2, 0.25) is 0 Å². The van der Waals surface area contributed by atoms with Crippen LogP contribution >= 0.6 is 0 Å². The van der Waals surface area contributed by atoms with Gasteiger partial charge in [-0.1, -0.05) is 49.4 Å². The summed E-state index contributed by atoms with van der Waals surface area (Å²) in [5, 5.41) is 3.45. The third-order valence-electron chi connectivity index (χ3n) is 2.61. The molecule has 0 amide bonds. The van der Waals surface area contributed by atoms with Crippen molar-refractivity contribution in [3.8, 4) is 0 Å². The molecule has 72 valence electrons. The van der Waals surface area contributed by atoms with Gasteiger partial charge in [0, 0.05) is 11.5 Å². The highest BCUT2D eigenvalue weighted by Crippen LogP contribution is 2.26. The molecule has 0 unspecified atom stereocenters. The van der Waals surface area contributed by atoms with E-state index in [1.807, 2.05) is 6.08 Å². The molecule has 0 aromatic rings. The maximum absolute atomic E-state index is 8.04. The summed E-state index contributed by atoms with van der Waals surface area (Å²) in [4.78, 5) is 2.69. The van der Waals surface area contributed by atoms with Crippen molar-refractivity contribution in [2.45, 2.75) is 38.5 Å². The fourth-order valence-corrected chi connectivity index (χ4v) is 1.87. The van der Waals surface area contributed by atoms with Gasteiger partial charge in [0.25, 0.3) is 0 Å². The Hall–Kier alpha value is -0.950. The van der Waals surface area contributed by atoms with E-state index in [1.165, 1.54) is 38.5 Å². The van der Waals surface area contributed by atoms with E-state index >= 15 is 0 Å². The van der Waals surface area contributed by atoms with Gasteiger partial charge >= 0.3 is 0 Å². The van der Waals surface area contributed by atoms with Gasteiger partial charge in [0.1, 0.15) is 0 Å². The van der Waals surface area contributed by atoms with E-state index in [1.54, 1.807) is 0 Å². The Morgan fingerprint density at radius 2 is 2.00 bits per heavy atom. The van der Waals surface area contributed by atoms with Gasteiger partial charge in [-0.2, -0.15) is 0 Å². The number of azide groups is 1. The standard InChI is InChI=1S/C10H17N3/c11-13-12-9-5-4-8-10-6-2-1-3-7-10/h4-5,10H,1-3,6-9H2. The van der Waals surface area contributed by atoms with E-state index in [0.717, 1.165) is 5.92 Å². The van der Waals surface area contributed by atoms with E-state index in [2.05, 4.69) is 16.1 Å². The maximum atomic E-state index is 8.04. The minimum atomic E-state index is 0.503. The van der Waals surface area contributed by atoms with Crippen molar-refractivity contribution in [1.29, 1.82) is 0 Å². The summed E-state index contributed by atoms with van der Waals surface area (Å²) in [7, 11) is 0. The van der Waals surface area contributed by atoms with Crippen molar-refractivity contribution in [1.82, 2.24) is 0 Å². The zero-order chi connectivity index (χ0) is 9.36. The van der Waals surface area contributed by atoms with Crippen molar-refractivity contribution < 1.29 is 0 Å². The minimum Gasteiger partial charge on any atom is -0.0899 e. The zero-order valence-electron chi connectivity index (χ0n) is 8.02. The molecular formula is C10H17N3. The Bertz CT molecular complexity index is 198. The van der Waals surface area contributed by atoms with Crippen LogP contribution in [0.25, 0.3) is 10.4 Å². The molecule has 0 aliphatic heterocycles. The SMILES string of the molecule is [N-]=[N+]=NCC=CCC1CCCCC1. The van der Waals surface area contributed by atoms with Crippen LogP contribution in [0.3, 0.4) is 0 Å². The van der Waals surface area contributed by atoms with Crippen molar-refractivity contribution in [2.24, 2.45) is 11.0 Å². The van der Waals surface area contributed by atoms with Gasteiger partial charge in [-0.15, -0.1) is 0 Å². The van der Waals surface area contributed by atoms with Crippen LogP contribution in [0.4, 0.5) is 0 Å². The molecule has 0 bridgehead atoms. The van der Waals surface area contributed by atoms with E-state index in [0.29, 0.717) is 6.54 Å². The number of rotatable bonds is 4. The molecule has 1 fully saturated rings. The third kappa shape index (κ3) is 4.58. The predicted molar refractivity (Wildman–Crippen MR) is 54.3 cm³/mol. The van der Waals surface area contributed by atoms with E-state index in [4.69, 9.17) is 5.53 Å². The van der Waals surface area contributed by atoms with Gasteiger partial charge < -0.3 is 0 Å². The van der Waals surface area contributed by atoms with Crippen LogP contribution in [-0.2, 0) is 0 Å². The maximum Gasteiger partial charge on any atom is 0.0440 e. The molecule has 0 radical (unpaired) electrons. The van der Waals surface area contributed by atoms with Gasteiger partial charge in [0.2, 0.25) is 0 Å². The summed E-state index contributed by atoms with van der Waals surface area (Å²) in [6.45, 7) is 0.503. The van der Waals surface area contributed by atoms with Crippen LogP contribution in [0.1, 0.15) is 38.5 Å². The van der Waals surface area contributed by atoms with Gasteiger partial charge in [0.05, 0.1) is 0 Å². The van der Waals surface area contributed by atoms with Crippen LogP contribution in [-0.4, -0.2) is 6.54 Å². The first-order valence-corrected chi connectivity index (χ1v) is 5.09. The second-order valence-electron chi connectivity index (χ2n) is 3.62. The van der Waals surface area contributed by atoms with Crippen molar-refractivity contribution >= 4 is 0 Å². The normalized spacial score (nSPS) is 18.8. The summed E-state index contributed by atoms with van der Waals surface area (Å²) in [5.41, 5.74) is 8.04. The lowest BCUT2D eigenvalue weighted by molar-refractivity contribution is 0.361. The third-order valence-corrected chi connectivity index (χ3v) is 2.61. The molecule has 0 aromatic heterocycles. The van der Waals surface area contributed by atoms with E-state index in [9.17, 15) is 0 Å². The molecule has 0 atom stereocenters. The second kappa shape index (κ2) is 6.55. The minimum absolute atomic E-state index is 0.503. The van der Waals surface area contributed by atoms with Gasteiger partial charge in [0.15, 0.2) is 0 Å². The molecule has 13 heavy (non-hydrogen) atoms. The number of hydrogen-bond donors (Lipinski definition) is 0. The molecule has 0 aromatic carbocycles. The molecule has 3 heteroatoms. The highest BCUT2D eigenvalue weighted by atomic mass is 15.1. The van der Waals surface area contributed by atoms with E-state index < -0.39 is 0 Å². The van der Waals surface area contributed by atoms with E-state index in [-0.39, 0.29) is 0 Å². The fraction of sp³-hybridized carbons (Fsp3) is 0.800. The first-order chi connectivity index (χ1) is 6.43. The summed E-state index contributed by atoms with van der Waals surface area (Å²) >= 11 is 0. The van der Waals surface area contributed by atoms with Gasteiger partial charge in [-0.05, 0) is 17.9 Å². The monoisotopic (exact) mass is 179 g/mol. The number of allylic oxidation sites excluding steroid dienone is 1. The molecule has 0 N–H and O–H groups in total. The highest BCUT2D eigenvalue weighted by molar-refractivity contribution is 4.86. The molecule has 0 saturated heterocycles. The van der Waals surface area contributed by atoms with Crippen LogP contribution in [0.15, 0.2) is 17.3 Å². The molecule has 3 nitrogen and oxygen atoms in total. The first-order valence-electron chi connectivity index (χ1n) is 5.09. The lowest BCUT2D eigenvalue weighted by atomic mass is 9.87. The molecular weight excluding hydrogens is 162 g/mol. The molecule has 0 spiro atoms. The Balaban J connectivity index is 2.09. The Kier molecular flexibility index (Phi) is 5.11. The highest BCUT2D eigenvalue weighted by Gasteiger charge is 2.10. The fourth-order valence-electron chi connectivity index (χ4n) is 1.87. The smallest absolute Gasteiger partial charge is 0.0440 e. The van der Waals surface area contributed by atoms with Gasteiger partial charge in [-0.25, -0.2) is 0 Å². The summed E-state index contributed by atoms with van der Waals surface area (Å²) < 4.78 is 0. The predicted octanol–water partition coefficient (Wildman–Crippen LogP) is 3.82. The summed E-state index contributed by atoms with van der Waals surface area (Å²) in [5.74, 6) is 0.885. The average molecular weight is 179 g/mol. The molecule has 1 rings (SSSR count). The van der Waals surface area contributed by atoms with Crippen LogP contribution < -0.4 is 0 Å². The quantitative estimate of drug-likeness (QED) is 0.272. The lowest BCUT2D eigenvalue weighted by Crippen LogP contribution is -2.04. The Morgan fingerprint density at radius 3 is 2.69 bits per heavy atom. The Morgan fingerprint density at radius 1 is 1.23 bits per heavy atom. The van der Waals surface area contributed by atoms with Crippen molar-refractivity contribution in [2.75, 3.05) is 6.54 Å². The number of nitrogens with zero attached hydrogens (tertiary/aromatic N) is 3. The molecule has 1 saturated carbocycles. The topological polar surface area (TPSA) is 48.8 Å². The lowest BCUT2D eigenvalue weighted by Gasteiger charge is -2.19. The van der Waals surface area contributed by atoms with Crippen LogP contribution in [0, 0.1) is 5.92 Å². The van der Waals surface area contributed by atoms with Crippen LogP contribution in [0.5, 0.6) is 0 Å². The average Bonchev–Trinajstić information content (AvgIpc) is 2.19. The first kappa shape index (κ1) is 10.1. The molecule has 1 aliphatic carbocycles.